The van der Waals surface area contributed by atoms with Crippen LogP contribution in [0.2, 0.25) is 0 Å². The molecule has 0 saturated carbocycles. The Morgan fingerprint density at radius 3 is 2.33 bits per heavy atom. The lowest BCUT2D eigenvalue weighted by Crippen LogP contribution is -2.57. The number of fused-ring (bicyclic) bond motifs is 3. The molecule has 0 bridgehead atoms. The van der Waals surface area contributed by atoms with E-state index in [9.17, 15) is 17.6 Å². The van der Waals surface area contributed by atoms with Crippen LogP contribution < -0.4 is 4.74 Å². The molecule has 2 aliphatic rings. The second-order valence-electron chi connectivity index (χ2n) is 12.6. The number of hydrogen-bond donors (Lipinski definition) is 0. The Bertz CT molecular complexity index is 1640. The molecule has 12 heteroatoms. The van der Waals surface area contributed by atoms with Crippen LogP contribution in [-0.2, 0) is 26.7 Å². The number of carbonyl (C=O) groups is 1. The summed E-state index contributed by atoms with van der Waals surface area (Å²) in [7, 11) is -4.09. The predicted molar refractivity (Wildman–Crippen MR) is 158 cm³/mol. The summed E-state index contributed by atoms with van der Waals surface area (Å²) in [4.78, 5) is 15.8. The van der Waals surface area contributed by atoms with Crippen molar-refractivity contribution < 1.29 is 35.9 Å². The average molecular weight is 622 g/mol. The maximum atomic E-state index is 16.3. The third-order valence-electron chi connectivity index (χ3n) is 8.05. The van der Waals surface area contributed by atoms with E-state index in [1.165, 1.54) is 11.5 Å². The van der Waals surface area contributed by atoms with E-state index < -0.39 is 57.2 Å². The van der Waals surface area contributed by atoms with Crippen molar-refractivity contribution in [2.45, 2.75) is 70.7 Å². The van der Waals surface area contributed by atoms with Gasteiger partial charge < -0.3 is 9.47 Å². The highest BCUT2D eigenvalue weighted by Gasteiger charge is 2.54. The number of nitrogens with zero attached hydrogens (tertiary/aromatic N) is 3. The average Bonchev–Trinajstić information content (AvgIpc) is 3.18. The molecule has 2 aliphatic heterocycles. The number of rotatable bonds is 7. The summed E-state index contributed by atoms with van der Waals surface area (Å²) in [5.41, 5.74) is -2.23. The van der Waals surface area contributed by atoms with Crippen molar-refractivity contribution in [3.05, 3.63) is 64.9 Å². The van der Waals surface area contributed by atoms with Crippen LogP contribution in [0.5, 0.6) is 5.75 Å². The predicted octanol–water partition coefficient (Wildman–Crippen LogP) is 5.60. The van der Waals surface area contributed by atoms with Gasteiger partial charge in [-0.05, 0) is 59.1 Å². The highest BCUT2D eigenvalue weighted by Crippen LogP contribution is 2.50. The van der Waals surface area contributed by atoms with Gasteiger partial charge in [0.05, 0.1) is 29.7 Å². The maximum Gasteiger partial charge on any atom is 0.419 e. The van der Waals surface area contributed by atoms with Crippen molar-refractivity contribution in [3.8, 4) is 5.75 Å². The molecule has 234 valence electrons. The lowest BCUT2D eigenvalue weighted by molar-refractivity contribution is 0.0180. The first-order chi connectivity index (χ1) is 20.1. The molecule has 3 heterocycles. The van der Waals surface area contributed by atoms with E-state index in [1.807, 2.05) is 4.90 Å². The summed E-state index contributed by atoms with van der Waals surface area (Å²) < 4.78 is 85.7. The zero-order valence-electron chi connectivity index (χ0n) is 25.3. The molecule has 0 radical (unpaired) electrons. The van der Waals surface area contributed by atoms with Gasteiger partial charge in [0.1, 0.15) is 34.6 Å². The standard InChI is InChI=1S/C31H38F3N3O5S/c1-19-14-23-22-10-7-8-11-26(22)36(29(38)42-30(2,3)4)28(23)31(5,37(19)43(6,39)40)27-24(33)15-20(16-25(27)34)41-21-17-35(18-21)13-9-12-32/h7-8,10-11,15-16,19,21H,9,12-14,17-18H2,1-6H3/t19-,31-/m1/s1. The van der Waals surface area contributed by atoms with Crippen molar-refractivity contribution in [2.75, 3.05) is 32.6 Å². The van der Waals surface area contributed by atoms with E-state index in [1.54, 1.807) is 52.0 Å². The summed E-state index contributed by atoms with van der Waals surface area (Å²) in [5, 5.41) is 0.664. The molecule has 1 fully saturated rings. The Hall–Kier alpha value is -3.09. The lowest BCUT2D eigenvalue weighted by atomic mass is 9.79. The van der Waals surface area contributed by atoms with Crippen molar-refractivity contribution >= 4 is 27.0 Å². The summed E-state index contributed by atoms with van der Waals surface area (Å²) in [6.45, 7) is 9.37. The number of likely N-dealkylation sites (tertiary alicyclic amines) is 1. The monoisotopic (exact) mass is 621 g/mol. The first-order valence-electron chi connectivity index (χ1n) is 14.4. The number of alkyl halides is 1. The Kier molecular flexibility index (Phi) is 8.11. The van der Waals surface area contributed by atoms with Gasteiger partial charge in [0.2, 0.25) is 10.0 Å². The molecular weight excluding hydrogens is 583 g/mol. The molecule has 2 atom stereocenters. The Labute approximate surface area is 250 Å². The fourth-order valence-electron chi connectivity index (χ4n) is 6.67. The van der Waals surface area contributed by atoms with E-state index in [-0.39, 0.29) is 24.0 Å². The fraction of sp³-hybridized carbons (Fsp3) is 0.516. The third kappa shape index (κ3) is 5.64. The number of carbonyl (C=O) groups excluding carboxylic acids is 1. The first kappa shape index (κ1) is 31.3. The van der Waals surface area contributed by atoms with Gasteiger partial charge in [0.25, 0.3) is 0 Å². The summed E-state index contributed by atoms with van der Waals surface area (Å²) in [5.74, 6) is -2.07. The van der Waals surface area contributed by atoms with Gasteiger partial charge >= 0.3 is 6.09 Å². The van der Waals surface area contributed by atoms with Gasteiger partial charge in [-0.25, -0.2) is 26.6 Å². The van der Waals surface area contributed by atoms with Gasteiger partial charge in [-0.1, -0.05) is 18.2 Å². The summed E-state index contributed by atoms with van der Waals surface area (Å²) in [6, 6.07) is 8.42. The SMILES string of the molecule is C[C@@H]1Cc2c(n(C(=O)OC(C)(C)C)c3ccccc23)[C@@](C)(c2c(F)cc(OC3CN(CCCF)C3)cc2F)N1S(C)(=O)=O. The smallest absolute Gasteiger partial charge is 0.419 e. The van der Waals surface area contributed by atoms with E-state index in [0.29, 0.717) is 42.5 Å². The number of aromatic nitrogens is 1. The number of benzene rings is 2. The zero-order valence-corrected chi connectivity index (χ0v) is 26.1. The molecule has 1 saturated heterocycles. The molecule has 0 N–H and O–H groups in total. The third-order valence-corrected chi connectivity index (χ3v) is 9.49. The summed E-state index contributed by atoms with van der Waals surface area (Å²) >= 11 is 0. The first-order valence-corrected chi connectivity index (χ1v) is 16.2. The lowest BCUT2D eigenvalue weighted by Gasteiger charge is -2.47. The number of sulfonamides is 1. The van der Waals surface area contributed by atoms with Crippen molar-refractivity contribution in [1.29, 1.82) is 0 Å². The molecular formula is C31H38F3N3O5S. The zero-order chi connectivity index (χ0) is 31.5. The van der Waals surface area contributed by atoms with Crippen LogP contribution in [0.15, 0.2) is 36.4 Å². The summed E-state index contributed by atoms with van der Waals surface area (Å²) in [6.07, 6.45) is 0.497. The molecule has 0 unspecified atom stereocenters. The van der Waals surface area contributed by atoms with E-state index in [0.717, 1.165) is 22.7 Å². The van der Waals surface area contributed by atoms with Crippen LogP contribution in [0.1, 0.15) is 57.9 Å². The number of hydrogen-bond acceptors (Lipinski definition) is 6. The van der Waals surface area contributed by atoms with Crippen LogP contribution in [0, 0.1) is 11.6 Å². The van der Waals surface area contributed by atoms with Crippen molar-refractivity contribution in [1.82, 2.24) is 13.8 Å². The molecule has 0 amide bonds. The highest BCUT2D eigenvalue weighted by molar-refractivity contribution is 7.88. The molecule has 43 heavy (non-hydrogen) atoms. The molecule has 2 aromatic carbocycles. The number of ether oxygens (including phenoxy) is 2. The van der Waals surface area contributed by atoms with E-state index >= 15 is 8.78 Å². The molecule has 3 aromatic rings. The highest BCUT2D eigenvalue weighted by atomic mass is 32.2. The Morgan fingerprint density at radius 1 is 1.12 bits per heavy atom. The minimum absolute atomic E-state index is 0.0415. The largest absolute Gasteiger partial charge is 0.488 e. The van der Waals surface area contributed by atoms with Crippen molar-refractivity contribution in [2.24, 2.45) is 0 Å². The Balaban J connectivity index is 1.69. The topological polar surface area (TPSA) is 81.1 Å². The van der Waals surface area contributed by atoms with E-state index in [4.69, 9.17) is 9.47 Å². The van der Waals surface area contributed by atoms with Crippen molar-refractivity contribution in [3.63, 3.8) is 0 Å². The van der Waals surface area contributed by atoms with Gasteiger partial charge in [-0.3, -0.25) is 9.29 Å². The van der Waals surface area contributed by atoms with Crippen LogP contribution >= 0.6 is 0 Å². The minimum atomic E-state index is -4.09. The van der Waals surface area contributed by atoms with E-state index in [2.05, 4.69) is 0 Å². The van der Waals surface area contributed by atoms with Crippen LogP contribution in [0.25, 0.3) is 10.9 Å². The molecule has 8 nitrogen and oxygen atoms in total. The maximum absolute atomic E-state index is 16.3. The number of halogens is 3. The van der Waals surface area contributed by atoms with Gasteiger partial charge in [-0.15, -0.1) is 0 Å². The van der Waals surface area contributed by atoms with Gasteiger partial charge in [0.15, 0.2) is 0 Å². The normalized spacial score (nSPS) is 21.9. The molecule has 1 aromatic heterocycles. The quantitative estimate of drug-likeness (QED) is 0.342. The minimum Gasteiger partial charge on any atom is -0.488 e. The second-order valence-corrected chi connectivity index (χ2v) is 14.5. The van der Waals surface area contributed by atoms with Crippen LogP contribution in [-0.4, -0.2) is 78.6 Å². The van der Waals surface area contributed by atoms with Crippen LogP contribution in [0.4, 0.5) is 18.0 Å². The second kappa shape index (κ2) is 11.1. The van der Waals surface area contributed by atoms with Gasteiger partial charge in [-0.2, -0.15) is 4.31 Å². The molecule has 0 spiro atoms. The van der Waals surface area contributed by atoms with Crippen LogP contribution in [0.3, 0.4) is 0 Å². The molecule has 0 aliphatic carbocycles. The Morgan fingerprint density at radius 2 is 1.74 bits per heavy atom. The van der Waals surface area contributed by atoms with Gasteiger partial charge in [0, 0.05) is 43.2 Å². The number of para-hydroxylation sites is 1. The fourth-order valence-corrected chi connectivity index (χ4v) is 8.24. The molecule has 5 rings (SSSR count).